The van der Waals surface area contributed by atoms with Gasteiger partial charge in [0.25, 0.3) is 0 Å². The Balaban J connectivity index is 1.02. The second-order valence-electron chi connectivity index (χ2n) is 12.4. The highest BCUT2D eigenvalue weighted by Gasteiger charge is 2.24. The molecule has 6 rings (SSSR count). The number of hydrogen-bond donors (Lipinski definition) is 3. The zero-order valence-corrected chi connectivity index (χ0v) is 27.4. The van der Waals surface area contributed by atoms with Crippen molar-refractivity contribution in [2.75, 3.05) is 44.6 Å². The number of thiophene rings is 1. The average molecular weight is 662 g/mol. The Bertz CT molecular complexity index is 1700. The first-order chi connectivity index (χ1) is 22.7. The lowest BCUT2D eigenvalue weighted by Gasteiger charge is -2.34. The van der Waals surface area contributed by atoms with Gasteiger partial charge in [-0.2, -0.15) is 0 Å². The van der Waals surface area contributed by atoms with Gasteiger partial charge in [0, 0.05) is 75.5 Å². The largest absolute Gasteiger partial charge is 0.463 e. The summed E-state index contributed by atoms with van der Waals surface area (Å²) < 4.78 is 27.1. The summed E-state index contributed by atoms with van der Waals surface area (Å²) in [6.45, 7) is 9.33. The van der Waals surface area contributed by atoms with Crippen molar-refractivity contribution in [3.05, 3.63) is 66.2 Å². The molecule has 248 valence electrons. The molecule has 13 heteroatoms. The summed E-state index contributed by atoms with van der Waals surface area (Å²) in [5.74, 6) is -0.313. The summed E-state index contributed by atoms with van der Waals surface area (Å²) >= 11 is 1.49. The fraction of sp³-hybridized carbons (Fsp3) is 0.412. The minimum Gasteiger partial charge on any atom is -0.463 e. The van der Waals surface area contributed by atoms with E-state index in [4.69, 9.17) is 20.2 Å². The third-order valence-electron chi connectivity index (χ3n) is 8.29. The van der Waals surface area contributed by atoms with Crippen LogP contribution in [0.4, 0.5) is 14.9 Å². The second-order valence-corrected chi connectivity index (χ2v) is 13.4. The van der Waals surface area contributed by atoms with Gasteiger partial charge in [0.1, 0.15) is 18.4 Å². The molecule has 0 radical (unpaired) electrons. The number of ether oxygens (including phenoxy) is 2. The first-order valence-corrected chi connectivity index (χ1v) is 16.8. The maximum atomic E-state index is 14.9. The number of rotatable bonds is 12. The first kappa shape index (κ1) is 32.8. The van der Waals surface area contributed by atoms with Gasteiger partial charge in [0.05, 0.1) is 20.8 Å². The molecule has 47 heavy (non-hydrogen) atoms. The van der Waals surface area contributed by atoms with Gasteiger partial charge in [0.2, 0.25) is 0 Å². The molecule has 2 fully saturated rings. The highest BCUT2D eigenvalue weighted by molar-refractivity contribution is 7.22. The number of fused-ring (bicyclic) bond motifs is 1. The first-order valence-electron chi connectivity index (χ1n) is 16.0. The van der Waals surface area contributed by atoms with Crippen LogP contribution >= 0.6 is 11.3 Å². The lowest BCUT2D eigenvalue weighted by atomic mass is 10.1. The van der Waals surface area contributed by atoms with E-state index in [1.807, 2.05) is 32.2 Å². The second kappa shape index (κ2) is 14.7. The summed E-state index contributed by atoms with van der Waals surface area (Å²) in [5, 5.41) is 5.47. The molecule has 4 heterocycles. The molecule has 1 atom stereocenters. The van der Waals surface area contributed by atoms with Gasteiger partial charge in [0.15, 0.2) is 11.6 Å². The Hall–Kier alpha value is -4.17. The number of urea groups is 1. The van der Waals surface area contributed by atoms with Gasteiger partial charge in [-0.25, -0.2) is 9.18 Å². The summed E-state index contributed by atoms with van der Waals surface area (Å²) in [6, 6.07) is 11.4. The van der Waals surface area contributed by atoms with Crippen LogP contribution in [-0.2, 0) is 16.1 Å². The fourth-order valence-electron chi connectivity index (χ4n) is 5.22. The highest BCUT2D eigenvalue weighted by atomic mass is 32.1. The van der Waals surface area contributed by atoms with Gasteiger partial charge in [-0.1, -0.05) is 19.9 Å². The van der Waals surface area contributed by atoms with Crippen LogP contribution in [0.5, 0.6) is 11.5 Å². The van der Waals surface area contributed by atoms with E-state index in [1.54, 1.807) is 18.3 Å². The standard InChI is InChI=1S/C34H40FN7O4S/c1-21(2)31(36)33(43)45-16-15-41-11-13-42(14-12-41)20-22-3-7-26(38-19-22)30-18-27-32(47-30)29(9-10-37-27)46-28-8-6-24(17-25(28)35)40-34(44)39-23-4-5-23/h3,6-10,17-19,21,23,31H,4-5,11-16,20,36H2,1-2H3,(H2,39,40,44)/t31-/m0/s1. The molecule has 1 saturated heterocycles. The quantitative estimate of drug-likeness (QED) is 0.175. The van der Waals surface area contributed by atoms with Gasteiger partial charge >= 0.3 is 12.0 Å². The number of aromatic nitrogens is 2. The molecule has 0 spiro atoms. The van der Waals surface area contributed by atoms with Crippen LogP contribution in [0.15, 0.2) is 54.9 Å². The van der Waals surface area contributed by atoms with Gasteiger partial charge in [-0.3, -0.25) is 24.6 Å². The van der Waals surface area contributed by atoms with E-state index >= 15 is 0 Å². The van der Waals surface area contributed by atoms with Crippen LogP contribution in [0.1, 0.15) is 32.3 Å². The molecule has 1 aliphatic heterocycles. The summed E-state index contributed by atoms with van der Waals surface area (Å²) in [4.78, 5) is 38.8. The molecule has 2 amide bonds. The van der Waals surface area contributed by atoms with E-state index in [9.17, 15) is 14.0 Å². The molecule has 4 N–H and O–H groups in total. The molecule has 1 aliphatic carbocycles. The van der Waals surface area contributed by atoms with Crippen LogP contribution in [0.3, 0.4) is 0 Å². The number of benzene rings is 1. The van der Waals surface area contributed by atoms with E-state index in [1.165, 1.54) is 23.5 Å². The van der Waals surface area contributed by atoms with Crippen LogP contribution in [-0.4, -0.2) is 83.2 Å². The van der Waals surface area contributed by atoms with Crippen molar-refractivity contribution in [2.45, 2.75) is 45.3 Å². The predicted octanol–water partition coefficient (Wildman–Crippen LogP) is 5.22. The highest BCUT2D eigenvalue weighted by Crippen LogP contribution is 2.39. The minimum atomic E-state index is -0.581. The van der Waals surface area contributed by atoms with Crippen molar-refractivity contribution < 1.29 is 23.5 Å². The lowest BCUT2D eigenvalue weighted by Crippen LogP contribution is -2.47. The Morgan fingerprint density at radius 3 is 2.53 bits per heavy atom. The number of carbonyl (C=O) groups is 2. The Morgan fingerprint density at radius 2 is 1.83 bits per heavy atom. The Kier molecular flexibility index (Phi) is 10.3. The number of carbonyl (C=O) groups excluding carboxylic acids is 2. The number of piperazine rings is 1. The molecule has 11 nitrogen and oxygen atoms in total. The van der Waals surface area contributed by atoms with Crippen LogP contribution < -0.4 is 21.1 Å². The average Bonchev–Trinajstić information content (AvgIpc) is 3.76. The van der Waals surface area contributed by atoms with Crippen molar-refractivity contribution in [1.82, 2.24) is 25.1 Å². The molecule has 2 aliphatic rings. The number of nitrogens with two attached hydrogens (primary N) is 1. The molecule has 3 aromatic heterocycles. The number of nitrogens with zero attached hydrogens (tertiary/aromatic N) is 4. The predicted molar refractivity (Wildman–Crippen MR) is 180 cm³/mol. The number of halogens is 1. The summed E-state index contributed by atoms with van der Waals surface area (Å²) in [6.07, 6.45) is 5.48. The third kappa shape index (κ3) is 8.60. The molecule has 4 aromatic rings. The maximum absolute atomic E-state index is 14.9. The smallest absolute Gasteiger partial charge is 0.323 e. The van der Waals surface area contributed by atoms with Gasteiger partial charge in [-0.15, -0.1) is 11.3 Å². The minimum absolute atomic E-state index is 0.0544. The number of amides is 2. The monoisotopic (exact) mass is 661 g/mol. The Labute approximate surface area is 277 Å². The van der Waals surface area contributed by atoms with Crippen LogP contribution in [0.25, 0.3) is 20.8 Å². The Morgan fingerprint density at radius 1 is 1.04 bits per heavy atom. The fourth-order valence-corrected chi connectivity index (χ4v) is 6.26. The zero-order chi connectivity index (χ0) is 32.9. The zero-order valence-electron chi connectivity index (χ0n) is 26.6. The topological polar surface area (TPSA) is 135 Å². The third-order valence-corrected chi connectivity index (χ3v) is 9.45. The van der Waals surface area contributed by atoms with Crippen LogP contribution in [0, 0.1) is 11.7 Å². The molecule has 1 saturated carbocycles. The summed E-state index contributed by atoms with van der Waals surface area (Å²) in [7, 11) is 0. The molecule has 1 aromatic carbocycles. The number of esters is 1. The van der Waals surface area contributed by atoms with E-state index in [0.717, 1.165) is 71.9 Å². The molecular weight excluding hydrogens is 621 g/mol. The van der Waals surface area contributed by atoms with Crippen LogP contribution in [0.2, 0.25) is 0 Å². The van der Waals surface area contributed by atoms with E-state index < -0.39 is 11.9 Å². The van der Waals surface area contributed by atoms with E-state index in [2.05, 4.69) is 31.5 Å². The van der Waals surface area contributed by atoms with E-state index in [0.29, 0.717) is 24.6 Å². The lowest BCUT2D eigenvalue weighted by molar-refractivity contribution is -0.146. The SMILES string of the molecule is CC(C)[C@H](N)C(=O)OCCN1CCN(Cc2ccc(-c3cc4nccc(Oc5ccc(NC(=O)NC6CC6)cc5F)c4s3)nc2)CC1. The number of anilines is 1. The molecule has 0 bridgehead atoms. The van der Waals surface area contributed by atoms with Crippen molar-refractivity contribution in [1.29, 1.82) is 0 Å². The molecule has 0 unspecified atom stereocenters. The number of pyridine rings is 2. The van der Waals surface area contributed by atoms with Gasteiger partial charge < -0.3 is 25.8 Å². The normalized spacial score (nSPS) is 16.3. The number of nitrogens with one attached hydrogen (secondary N) is 2. The van der Waals surface area contributed by atoms with Crippen molar-refractivity contribution in [2.24, 2.45) is 11.7 Å². The molecular formula is C34H40FN7O4S. The van der Waals surface area contributed by atoms with Crippen molar-refractivity contribution >= 4 is 39.2 Å². The van der Waals surface area contributed by atoms with E-state index in [-0.39, 0.29) is 29.7 Å². The van der Waals surface area contributed by atoms with Crippen molar-refractivity contribution in [3.8, 4) is 22.1 Å². The maximum Gasteiger partial charge on any atom is 0.323 e. The summed E-state index contributed by atoms with van der Waals surface area (Å²) in [5.41, 5.74) is 8.90. The van der Waals surface area contributed by atoms with Crippen molar-refractivity contribution in [3.63, 3.8) is 0 Å². The number of hydrogen-bond acceptors (Lipinski definition) is 10. The van der Waals surface area contributed by atoms with Gasteiger partial charge in [-0.05, 0) is 48.6 Å².